The zero-order chi connectivity index (χ0) is 13.0. The maximum Gasteiger partial charge on any atom is 0.337 e. The Morgan fingerprint density at radius 2 is 2.11 bits per heavy atom. The lowest BCUT2D eigenvalue weighted by Crippen LogP contribution is -2.00. The summed E-state index contributed by atoms with van der Waals surface area (Å²) >= 11 is 1.60. The Morgan fingerprint density at radius 1 is 1.39 bits per heavy atom. The third-order valence-electron chi connectivity index (χ3n) is 2.41. The molecular weight excluding hydrogens is 250 g/mol. The summed E-state index contributed by atoms with van der Waals surface area (Å²) in [6.45, 7) is 0. The molecule has 6 heteroatoms. The van der Waals surface area contributed by atoms with Gasteiger partial charge in [0.05, 0.1) is 12.7 Å². The van der Waals surface area contributed by atoms with Crippen molar-refractivity contribution in [3.63, 3.8) is 0 Å². The second-order valence-electron chi connectivity index (χ2n) is 3.64. The van der Waals surface area contributed by atoms with Crippen LogP contribution in [0.25, 0.3) is 0 Å². The molecule has 2 rings (SSSR count). The Labute approximate surface area is 109 Å². The van der Waals surface area contributed by atoms with Gasteiger partial charge in [-0.2, -0.15) is 5.10 Å². The minimum atomic E-state index is -0.317. The number of benzene rings is 1. The highest BCUT2D eigenvalue weighted by atomic mass is 32.2. The number of carbonyl (C=O) groups is 1. The smallest absolute Gasteiger partial charge is 0.337 e. The van der Waals surface area contributed by atoms with Crippen molar-refractivity contribution in [3.05, 3.63) is 41.7 Å². The highest BCUT2D eigenvalue weighted by Gasteiger charge is 2.05. The van der Waals surface area contributed by atoms with Crippen molar-refractivity contribution in [2.75, 3.05) is 7.11 Å². The van der Waals surface area contributed by atoms with E-state index in [1.165, 1.54) is 13.4 Å². The number of hydrogen-bond acceptors (Lipinski definition) is 5. The van der Waals surface area contributed by atoms with Crippen LogP contribution >= 0.6 is 11.8 Å². The molecule has 1 aromatic heterocycles. The maximum absolute atomic E-state index is 11.3. The van der Waals surface area contributed by atoms with Crippen LogP contribution in [0.4, 0.5) is 0 Å². The molecule has 0 aliphatic rings. The molecule has 0 spiro atoms. The Hall–Kier alpha value is -1.82. The van der Waals surface area contributed by atoms with E-state index < -0.39 is 0 Å². The molecule has 0 saturated carbocycles. The fourth-order valence-corrected chi connectivity index (χ4v) is 2.26. The Balaban J connectivity index is 1.98. The van der Waals surface area contributed by atoms with E-state index in [4.69, 9.17) is 0 Å². The Bertz CT molecular complexity index is 537. The van der Waals surface area contributed by atoms with Crippen molar-refractivity contribution < 1.29 is 9.53 Å². The first kappa shape index (κ1) is 12.6. The molecule has 94 valence electrons. The molecule has 0 saturated heterocycles. The molecular formula is C12H13N3O2S. The first-order chi connectivity index (χ1) is 8.70. The van der Waals surface area contributed by atoms with Gasteiger partial charge in [0, 0.05) is 12.8 Å². The fourth-order valence-electron chi connectivity index (χ4n) is 1.42. The van der Waals surface area contributed by atoms with Gasteiger partial charge in [0.2, 0.25) is 0 Å². The van der Waals surface area contributed by atoms with Crippen LogP contribution in [0.3, 0.4) is 0 Å². The Kier molecular flexibility index (Phi) is 3.99. The number of thioether (sulfide) groups is 1. The molecule has 0 atom stereocenters. The summed E-state index contributed by atoms with van der Waals surface area (Å²) in [5, 5.41) is 4.87. The van der Waals surface area contributed by atoms with Crippen LogP contribution in [0.1, 0.15) is 15.9 Å². The van der Waals surface area contributed by atoms with Gasteiger partial charge in [-0.15, -0.1) is 0 Å². The quantitative estimate of drug-likeness (QED) is 0.623. The zero-order valence-corrected chi connectivity index (χ0v) is 11.0. The van der Waals surface area contributed by atoms with E-state index in [0.29, 0.717) is 5.56 Å². The van der Waals surface area contributed by atoms with Gasteiger partial charge in [-0.25, -0.2) is 14.5 Å². The third kappa shape index (κ3) is 2.89. The topological polar surface area (TPSA) is 57.0 Å². The van der Waals surface area contributed by atoms with Gasteiger partial charge in [0.15, 0.2) is 5.16 Å². The van der Waals surface area contributed by atoms with E-state index in [0.717, 1.165) is 16.5 Å². The summed E-state index contributed by atoms with van der Waals surface area (Å²) in [6, 6.07) is 7.35. The largest absolute Gasteiger partial charge is 0.465 e. The number of rotatable bonds is 4. The van der Waals surface area contributed by atoms with Gasteiger partial charge in [0.25, 0.3) is 0 Å². The molecule has 0 bridgehead atoms. The molecule has 5 nitrogen and oxygen atoms in total. The third-order valence-corrected chi connectivity index (χ3v) is 3.52. The predicted molar refractivity (Wildman–Crippen MR) is 68.3 cm³/mol. The second kappa shape index (κ2) is 5.68. The van der Waals surface area contributed by atoms with Gasteiger partial charge in [-0.3, -0.25) is 0 Å². The molecule has 0 aliphatic heterocycles. The van der Waals surface area contributed by atoms with Crippen LogP contribution in [-0.2, 0) is 17.5 Å². The van der Waals surface area contributed by atoms with E-state index in [9.17, 15) is 4.79 Å². The number of aromatic nitrogens is 3. The van der Waals surface area contributed by atoms with Crippen LogP contribution in [-0.4, -0.2) is 27.8 Å². The highest BCUT2D eigenvalue weighted by Crippen LogP contribution is 2.19. The lowest BCUT2D eigenvalue weighted by Gasteiger charge is -2.03. The molecule has 0 radical (unpaired) electrons. The molecule has 0 N–H and O–H groups in total. The van der Waals surface area contributed by atoms with Crippen LogP contribution in [0.15, 0.2) is 35.7 Å². The average molecular weight is 263 g/mol. The van der Waals surface area contributed by atoms with E-state index >= 15 is 0 Å². The van der Waals surface area contributed by atoms with Gasteiger partial charge < -0.3 is 4.74 Å². The molecule has 0 fully saturated rings. The van der Waals surface area contributed by atoms with Crippen molar-refractivity contribution >= 4 is 17.7 Å². The van der Waals surface area contributed by atoms with Gasteiger partial charge in [0.1, 0.15) is 6.33 Å². The van der Waals surface area contributed by atoms with Crippen LogP contribution in [0.2, 0.25) is 0 Å². The molecule has 18 heavy (non-hydrogen) atoms. The normalized spacial score (nSPS) is 10.3. The van der Waals surface area contributed by atoms with Crippen LogP contribution in [0, 0.1) is 0 Å². The number of ether oxygens (including phenoxy) is 1. The standard InChI is InChI=1S/C12H13N3O2S/c1-15-12(13-8-14-15)18-7-9-3-5-10(6-4-9)11(16)17-2/h3-6,8H,7H2,1-2H3. The van der Waals surface area contributed by atoms with Crippen molar-refractivity contribution in [3.8, 4) is 0 Å². The van der Waals surface area contributed by atoms with Crippen molar-refractivity contribution in [2.45, 2.75) is 10.9 Å². The van der Waals surface area contributed by atoms with E-state index in [1.807, 2.05) is 19.2 Å². The van der Waals surface area contributed by atoms with Crippen molar-refractivity contribution in [1.29, 1.82) is 0 Å². The fraction of sp³-hybridized carbons (Fsp3) is 0.250. The number of hydrogen-bond donors (Lipinski definition) is 0. The summed E-state index contributed by atoms with van der Waals surface area (Å²) < 4.78 is 6.37. The zero-order valence-electron chi connectivity index (χ0n) is 10.2. The first-order valence-electron chi connectivity index (χ1n) is 5.35. The van der Waals surface area contributed by atoms with E-state index in [1.54, 1.807) is 28.6 Å². The summed E-state index contributed by atoms with van der Waals surface area (Å²) in [6.07, 6.45) is 1.53. The van der Waals surface area contributed by atoms with Crippen LogP contribution in [0.5, 0.6) is 0 Å². The van der Waals surface area contributed by atoms with Gasteiger partial charge in [-0.1, -0.05) is 23.9 Å². The van der Waals surface area contributed by atoms with E-state index in [-0.39, 0.29) is 5.97 Å². The number of nitrogens with zero attached hydrogens (tertiary/aromatic N) is 3. The summed E-state index contributed by atoms with van der Waals surface area (Å²) in [4.78, 5) is 15.4. The number of esters is 1. The summed E-state index contributed by atoms with van der Waals surface area (Å²) in [5.41, 5.74) is 1.68. The summed E-state index contributed by atoms with van der Waals surface area (Å²) in [7, 11) is 3.23. The number of carbonyl (C=O) groups excluding carboxylic acids is 1. The molecule has 2 aromatic rings. The predicted octanol–water partition coefficient (Wildman–Crippen LogP) is 1.89. The Morgan fingerprint density at radius 3 is 2.67 bits per heavy atom. The van der Waals surface area contributed by atoms with Crippen molar-refractivity contribution in [2.24, 2.45) is 7.05 Å². The highest BCUT2D eigenvalue weighted by molar-refractivity contribution is 7.98. The number of methoxy groups -OCH3 is 1. The first-order valence-corrected chi connectivity index (χ1v) is 6.33. The van der Waals surface area contributed by atoms with Gasteiger partial charge >= 0.3 is 5.97 Å². The molecule has 0 aliphatic carbocycles. The van der Waals surface area contributed by atoms with Gasteiger partial charge in [-0.05, 0) is 17.7 Å². The molecule has 1 aromatic carbocycles. The molecule has 0 unspecified atom stereocenters. The number of aryl methyl sites for hydroxylation is 1. The summed E-state index contributed by atoms with van der Waals surface area (Å²) in [5.74, 6) is 0.469. The van der Waals surface area contributed by atoms with Crippen molar-refractivity contribution in [1.82, 2.24) is 14.8 Å². The maximum atomic E-state index is 11.3. The molecule has 0 amide bonds. The average Bonchev–Trinajstić information content (AvgIpc) is 2.81. The van der Waals surface area contributed by atoms with Crippen LogP contribution < -0.4 is 0 Å². The second-order valence-corrected chi connectivity index (χ2v) is 4.59. The lowest BCUT2D eigenvalue weighted by atomic mass is 10.1. The van der Waals surface area contributed by atoms with E-state index in [2.05, 4.69) is 14.8 Å². The minimum Gasteiger partial charge on any atom is -0.465 e. The SMILES string of the molecule is COC(=O)c1ccc(CSc2ncnn2C)cc1. The minimum absolute atomic E-state index is 0.317. The molecule has 1 heterocycles. The lowest BCUT2D eigenvalue weighted by molar-refractivity contribution is 0.0600. The monoisotopic (exact) mass is 263 g/mol.